The number of aryl methyl sites for hydroxylation is 2. The highest BCUT2D eigenvalue weighted by molar-refractivity contribution is 5.94. The molecule has 1 aromatic heterocycles. The molecule has 4 rings (SSSR count). The third-order valence-corrected chi connectivity index (χ3v) is 4.74. The van der Waals surface area contributed by atoms with Gasteiger partial charge in [-0.05, 0) is 47.4 Å². The van der Waals surface area contributed by atoms with Crippen LogP contribution in [0.4, 0.5) is 5.69 Å². The van der Waals surface area contributed by atoms with E-state index in [1.807, 2.05) is 37.3 Å². The summed E-state index contributed by atoms with van der Waals surface area (Å²) in [6, 6.07) is 21.2. The number of carbonyl (C=O) groups is 1. The van der Waals surface area contributed by atoms with Gasteiger partial charge < -0.3 is 9.73 Å². The van der Waals surface area contributed by atoms with Gasteiger partial charge in [0, 0.05) is 29.6 Å². The van der Waals surface area contributed by atoms with Crippen molar-refractivity contribution in [3.8, 4) is 0 Å². The Morgan fingerprint density at radius 2 is 1.78 bits per heavy atom. The van der Waals surface area contributed by atoms with E-state index in [0.717, 1.165) is 16.5 Å². The van der Waals surface area contributed by atoms with Crippen molar-refractivity contribution in [2.24, 2.45) is 0 Å². The molecule has 0 aliphatic heterocycles. The molecule has 1 heterocycles. The zero-order valence-electron chi connectivity index (χ0n) is 15.0. The van der Waals surface area contributed by atoms with Crippen molar-refractivity contribution in [3.63, 3.8) is 0 Å². The molecular formula is C23H19NO3. The van der Waals surface area contributed by atoms with E-state index in [9.17, 15) is 9.59 Å². The average molecular weight is 357 g/mol. The Morgan fingerprint density at radius 1 is 0.963 bits per heavy atom. The van der Waals surface area contributed by atoms with Crippen LogP contribution >= 0.6 is 0 Å². The Balaban J connectivity index is 1.49. The minimum atomic E-state index is -0.389. The van der Waals surface area contributed by atoms with Gasteiger partial charge in [-0.2, -0.15) is 0 Å². The van der Waals surface area contributed by atoms with E-state index in [4.69, 9.17) is 4.42 Å². The maximum absolute atomic E-state index is 12.4. The van der Waals surface area contributed by atoms with E-state index < -0.39 is 0 Å². The first kappa shape index (κ1) is 17.0. The van der Waals surface area contributed by atoms with Crippen molar-refractivity contribution in [1.29, 1.82) is 0 Å². The van der Waals surface area contributed by atoms with Gasteiger partial charge in [0.15, 0.2) is 0 Å². The summed E-state index contributed by atoms with van der Waals surface area (Å²) in [6.07, 6.45) is 1.04. The van der Waals surface area contributed by atoms with Crippen molar-refractivity contribution in [2.75, 3.05) is 5.32 Å². The molecule has 3 aromatic carbocycles. The standard InChI is InChI=1S/C23H19NO3/c1-15-13-23(26)27-21-14-18(10-11-19(15)21)24-22(25)12-9-17-7-4-6-16-5-2-3-8-20(16)17/h2-8,10-11,13-14H,9,12H2,1H3,(H,24,25). The number of nitrogens with one attached hydrogen (secondary N) is 1. The average Bonchev–Trinajstić information content (AvgIpc) is 2.66. The number of hydrogen-bond donors (Lipinski definition) is 1. The molecule has 0 spiro atoms. The van der Waals surface area contributed by atoms with Gasteiger partial charge in [0.05, 0.1) is 0 Å². The van der Waals surface area contributed by atoms with E-state index in [2.05, 4.69) is 29.6 Å². The normalized spacial score (nSPS) is 11.0. The van der Waals surface area contributed by atoms with Crippen LogP contribution in [0.15, 0.2) is 75.9 Å². The fraction of sp³-hybridized carbons (Fsp3) is 0.130. The first-order valence-electron chi connectivity index (χ1n) is 8.91. The van der Waals surface area contributed by atoms with Crippen LogP contribution in [-0.4, -0.2) is 5.91 Å². The van der Waals surface area contributed by atoms with E-state index in [-0.39, 0.29) is 11.5 Å². The molecule has 0 radical (unpaired) electrons. The largest absolute Gasteiger partial charge is 0.423 e. The van der Waals surface area contributed by atoms with Crippen molar-refractivity contribution < 1.29 is 9.21 Å². The van der Waals surface area contributed by atoms with Crippen LogP contribution in [-0.2, 0) is 11.2 Å². The van der Waals surface area contributed by atoms with Gasteiger partial charge in [0.1, 0.15) is 5.58 Å². The number of fused-ring (bicyclic) bond motifs is 2. The molecule has 0 unspecified atom stereocenters. The maximum Gasteiger partial charge on any atom is 0.336 e. The van der Waals surface area contributed by atoms with Crippen LogP contribution in [0, 0.1) is 6.92 Å². The van der Waals surface area contributed by atoms with E-state index in [0.29, 0.717) is 24.1 Å². The Morgan fingerprint density at radius 3 is 2.67 bits per heavy atom. The molecule has 0 aliphatic carbocycles. The lowest BCUT2D eigenvalue weighted by molar-refractivity contribution is -0.116. The summed E-state index contributed by atoms with van der Waals surface area (Å²) >= 11 is 0. The predicted molar refractivity (Wildman–Crippen MR) is 108 cm³/mol. The van der Waals surface area contributed by atoms with Crippen LogP contribution in [0.2, 0.25) is 0 Å². The Bertz CT molecular complexity index is 1200. The molecule has 4 heteroatoms. The van der Waals surface area contributed by atoms with Gasteiger partial charge in [-0.3, -0.25) is 4.79 Å². The SMILES string of the molecule is Cc1cc(=O)oc2cc(NC(=O)CCc3cccc4ccccc34)ccc12. The van der Waals surface area contributed by atoms with Crippen LogP contribution in [0.25, 0.3) is 21.7 Å². The monoisotopic (exact) mass is 357 g/mol. The minimum Gasteiger partial charge on any atom is -0.423 e. The van der Waals surface area contributed by atoms with Crippen molar-refractivity contribution in [1.82, 2.24) is 0 Å². The molecule has 4 aromatic rings. The number of hydrogen-bond acceptors (Lipinski definition) is 3. The van der Waals surface area contributed by atoms with E-state index >= 15 is 0 Å². The number of benzene rings is 3. The van der Waals surface area contributed by atoms with Crippen LogP contribution in [0.5, 0.6) is 0 Å². The third-order valence-electron chi connectivity index (χ3n) is 4.74. The van der Waals surface area contributed by atoms with Crippen molar-refractivity contribution >= 4 is 33.3 Å². The molecule has 0 fully saturated rings. The second-order valence-electron chi connectivity index (χ2n) is 6.65. The molecule has 27 heavy (non-hydrogen) atoms. The summed E-state index contributed by atoms with van der Waals surface area (Å²) in [5, 5.41) is 6.11. The molecule has 0 atom stereocenters. The Hall–Kier alpha value is -3.40. The molecule has 0 aliphatic rings. The molecule has 4 nitrogen and oxygen atoms in total. The minimum absolute atomic E-state index is 0.0720. The van der Waals surface area contributed by atoms with Gasteiger partial charge in [0.25, 0.3) is 0 Å². The summed E-state index contributed by atoms with van der Waals surface area (Å²) in [7, 11) is 0. The summed E-state index contributed by atoms with van der Waals surface area (Å²) in [4.78, 5) is 23.9. The highest BCUT2D eigenvalue weighted by Gasteiger charge is 2.08. The third kappa shape index (κ3) is 3.60. The Labute approximate surface area is 156 Å². The Kier molecular flexibility index (Phi) is 4.47. The van der Waals surface area contributed by atoms with Gasteiger partial charge in [-0.15, -0.1) is 0 Å². The number of carbonyl (C=O) groups excluding carboxylic acids is 1. The zero-order chi connectivity index (χ0) is 18.8. The molecule has 134 valence electrons. The van der Waals surface area contributed by atoms with Crippen LogP contribution in [0.1, 0.15) is 17.5 Å². The van der Waals surface area contributed by atoms with Crippen LogP contribution < -0.4 is 10.9 Å². The highest BCUT2D eigenvalue weighted by atomic mass is 16.4. The second kappa shape index (κ2) is 7.08. The summed E-state index contributed by atoms with van der Waals surface area (Å²) < 4.78 is 5.24. The molecule has 1 amide bonds. The molecule has 1 N–H and O–H groups in total. The van der Waals surface area contributed by atoms with Crippen molar-refractivity contribution in [2.45, 2.75) is 19.8 Å². The first-order chi connectivity index (χ1) is 13.1. The zero-order valence-corrected chi connectivity index (χ0v) is 15.0. The van der Waals surface area contributed by atoms with E-state index in [1.54, 1.807) is 6.07 Å². The fourth-order valence-corrected chi connectivity index (χ4v) is 3.38. The number of amides is 1. The lowest BCUT2D eigenvalue weighted by Gasteiger charge is -2.09. The van der Waals surface area contributed by atoms with Crippen LogP contribution in [0.3, 0.4) is 0 Å². The molecule has 0 saturated carbocycles. The number of rotatable bonds is 4. The summed E-state index contributed by atoms with van der Waals surface area (Å²) in [5.74, 6) is -0.0720. The lowest BCUT2D eigenvalue weighted by atomic mass is 10.0. The fourth-order valence-electron chi connectivity index (χ4n) is 3.38. The van der Waals surface area contributed by atoms with E-state index in [1.165, 1.54) is 16.8 Å². The van der Waals surface area contributed by atoms with Crippen molar-refractivity contribution in [3.05, 3.63) is 88.3 Å². The maximum atomic E-state index is 12.4. The van der Waals surface area contributed by atoms with Gasteiger partial charge in [-0.25, -0.2) is 4.79 Å². The molecular weight excluding hydrogens is 338 g/mol. The van der Waals surface area contributed by atoms with Gasteiger partial charge in [-0.1, -0.05) is 42.5 Å². The molecule has 0 bridgehead atoms. The first-order valence-corrected chi connectivity index (χ1v) is 8.91. The van der Waals surface area contributed by atoms with Gasteiger partial charge >= 0.3 is 5.63 Å². The molecule has 0 saturated heterocycles. The number of anilines is 1. The second-order valence-corrected chi connectivity index (χ2v) is 6.65. The smallest absolute Gasteiger partial charge is 0.336 e. The highest BCUT2D eigenvalue weighted by Crippen LogP contribution is 2.22. The summed E-state index contributed by atoms with van der Waals surface area (Å²) in [5.41, 5.74) is 2.73. The van der Waals surface area contributed by atoms with Gasteiger partial charge in [0.2, 0.25) is 5.91 Å². The topological polar surface area (TPSA) is 59.3 Å². The predicted octanol–water partition coefficient (Wildman–Crippen LogP) is 4.83. The quantitative estimate of drug-likeness (QED) is 0.532. The summed E-state index contributed by atoms with van der Waals surface area (Å²) in [6.45, 7) is 1.86. The lowest BCUT2D eigenvalue weighted by Crippen LogP contribution is -2.12.